The Morgan fingerprint density at radius 1 is 1.41 bits per heavy atom. The fourth-order valence-electron chi connectivity index (χ4n) is 2.35. The van der Waals surface area contributed by atoms with E-state index in [9.17, 15) is 13.6 Å². The van der Waals surface area contributed by atoms with Crippen LogP contribution in [0, 0.1) is 11.6 Å². The van der Waals surface area contributed by atoms with Crippen molar-refractivity contribution in [1.82, 2.24) is 4.90 Å². The maximum atomic E-state index is 13.5. The minimum Gasteiger partial charge on any atom is -0.487 e. The number of likely N-dealkylation sites (tertiary alicyclic amines) is 1. The Kier molecular flexibility index (Phi) is 7.03. The van der Waals surface area contributed by atoms with Crippen molar-refractivity contribution in [3.05, 3.63) is 29.8 Å². The zero-order valence-electron chi connectivity index (χ0n) is 12.4. The molecule has 1 aromatic carbocycles. The number of halogens is 3. The molecular weight excluding hydrogens is 314 g/mol. The van der Waals surface area contributed by atoms with Gasteiger partial charge in [-0.15, -0.1) is 12.4 Å². The molecule has 124 valence electrons. The zero-order chi connectivity index (χ0) is 15.4. The van der Waals surface area contributed by atoms with Crippen molar-refractivity contribution in [2.24, 2.45) is 5.73 Å². The van der Waals surface area contributed by atoms with Gasteiger partial charge < -0.3 is 15.4 Å². The molecule has 1 aromatic rings. The van der Waals surface area contributed by atoms with Gasteiger partial charge in [-0.05, 0) is 18.6 Å². The summed E-state index contributed by atoms with van der Waals surface area (Å²) in [4.78, 5) is 13.7. The lowest BCUT2D eigenvalue weighted by Crippen LogP contribution is -2.48. The lowest BCUT2D eigenvalue weighted by atomic mass is 10.1. The van der Waals surface area contributed by atoms with Crippen LogP contribution in [0.4, 0.5) is 8.78 Å². The van der Waals surface area contributed by atoms with Gasteiger partial charge in [0.25, 0.3) is 0 Å². The minimum absolute atomic E-state index is 0. The number of amides is 1. The lowest BCUT2D eigenvalue weighted by molar-refractivity contribution is -0.134. The number of rotatable bonds is 4. The second-order valence-electron chi connectivity index (χ2n) is 5.23. The first-order chi connectivity index (χ1) is 10.0. The summed E-state index contributed by atoms with van der Waals surface area (Å²) in [6, 6.07) is 2.79. The molecule has 1 fully saturated rings. The first kappa shape index (κ1) is 18.6. The molecule has 0 spiro atoms. The van der Waals surface area contributed by atoms with Gasteiger partial charge in [0.2, 0.25) is 5.91 Å². The summed E-state index contributed by atoms with van der Waals surface area (Å²) in [5.41, 5.74) is 5.73. The summed E-state index contributed by atoms with van der Waals surface area (Å²) in [5, 5.41) is 0. The Hall–Kier alpha value is -1.40. The average molecular weight is 335 g/mol. The molecule has 1 saturated heterocycles. The first-order valence-corrected chi connectivity index (χ1v) is 7.17. The fourth-order valence-corrected chi connectivity index (χ4v) is 2.35. The van der Waals surface area contributed by atoms with E-state index in [1.165, 1.54) is 6.07 Å². The lowest BCUT2D eigenvalue weighted by Gasteiger charge is -2.33. The number of benzene rings is 1. The van der Waals surface area contributed by atoms with Gasteiger partial charge in [-0.2, -0.15) is 0 Å². The number of nitrogens with two attached hydrogens (primary N) is 1. The smallest absolute Gasteiger partial charge is 0.239 e. The summed E-state index contributed by atoms with van der Waals surface area (Å²) < 4.78 is 31.9. The van der Waals surface area contributed by atoms with Gasteiger partial charge in [0.05, 0.1) is 6.04 Å². The molecule has 0 aliphatic carbocycles. The summed E-state index contributed by atoms with van der Waals surface area (Å²) in [6.45, 7) is 2.95. The molecule has 1 atom stereocenters. The summed E-state index contributed by atoms with van der Waals surface area (Å²) in [5.74, 6) is -1.34. The van der Waals surface area contributed by atoms with E-state index < -0.39 is 17.7 Å². The highest BCUT2D eigenvalue weighted by molar-refractivity contribution is 5.85. The third-order valence-corrected chi connectivity index (χ3v) is 3.70. The van der Waals surface area contributed by atoms with Gasteiger partial charge in [0.15, 0.2) is 11.6 Å². The highest BCUT2D eigenvalue weighted by atomic mass is 35.5. The van der Waals surface area contributed by atoms with Gasteiger partial charge in [-0.25, -0.2) is 8.78 Å². The van der Waals surface area contributed by atoms with E-state index in [1.54, 1.807) is 4.90 Å². The highest BCUT2D eigenvalue weighted by Gasteiger charge is 2.26. The van der Waals surface area contributed by atoms with Crippen LogP contribution in [0.25, 0.3) is 0 Å². The van der Waals surface area contributed by atoms with Crippen LogP contribution in [0.1, 0.15) is 26.2 Å². The van der Waals surface area contributed by atoms with Crippen LogP contribution in [0.3, 0.4) is 0 Å². The molecule has 0 bridgehead atoms. The van der Waals surface area contributed by atoms with Crippen molar-refractivity contribution in [3.8, 4) is 5.75 Å². The van der Waals surface area contributed by atoms with Crippen molar-refractivity contribution in [2.45, 2.75) is 38.3 Å². The molecule has 1 aliphatic heterocycles. The number of hydrogen-bond donors (Lipinski definition) is 1. The molecule has 7 heteroatoms. The summed E-state index contributed by atoms with van der Waals surface area (Å²) in [7, 11) is 0. The number of carbonyl (C=O) groups excluding carboxylic acids is 1. The van der Waals surface area contributed by atoms with Gasteiger partial charge >= 0.3 is 0 Å². The molecule has 1 heterocycles. The third-order valence-electron chi connectivity index (χ3n) is 3.70. The van der Waals surface area contributed by atoms with Crippen molar-refractivity contribution < 1.29 is 18.3 Å². The minimum atomic E-state index is -0.707. The maximum Gasteiger partial charge on any atom is 0.239 e. The normalized spacial score (nSPS) is 16.8. The van der Waals surface area contributed by atoms with Crippen molar-refractivity contribution >= 4 is 18.3 Å². The largest absolute Gasteiger partial charge is 0.487 e. The Morgan fingerprint density at radius 2 is 2.05 bits per heavy atom. The number of nitrogens with zero attached hydrogens (tertiary/aromatic N) is 1. The topological polar surface area (TPSA) is 55.6 Å². The molecule has 0 aromatic heterocycles. The van der Waals surface area contributed by atoms with Crippen LogP contribution < -0.4 is 10.5 Å². The Labute approximate surface area is 135 Å². The van der Waals surface area contributed by atoms with Crippen LogP contribution in [0.2, 0.25) is 0 Å². The maximum absolute atomic E-state index is 13.5. The zero-order valence-corrected chi connectivity index (χ0v) is 13.2. The van der Waals surface area contributed by atoms with Crippen LogP contribution in [-0.4, -0.2) is 36.0 Å². The van der Waals surface area contributed by atoms with E-state index in [4.69, 9.17) is 10.5 Å². The van der Waals surface area contributed by atoms with Gasteiger partial charge in [-0.1, -0.05) is 6.92 Å². The van der Waals surface area contributed by atoms with Crippen LogP contribution >= 0.6 is 12.4 Å². The molecule has 2 rings (SSSR count). The number of hydrogen-bond acceptors (Lipinski definition) is 3. The first-order valence-electron chi connectivity index (χ1n) is 7.17. The molecule has 4 nitrogen and oxygen atoms in total. The van der Waals surface area contributed by atoms with E-state index in [0.717, 1.165) is 12.1 Å². The average Bonchev–Trinajstić information content (AvgIpc) is 2.49. The number of piperidine rings is 1. The van der Waals surface area contributed by atoms with Gasteiger partial charge in [0, 0.05) is 32.0 Å². The van der Waals surface area contributed by atoms with Gasteiger partial charge in [-0.3, -0.25) is 4.79 Å². The second kappa shape index (κ2) is 8.29. The van der Waals surface area contributed by atoms with E-state index in [1.807, 2.05) is 6.92 Å². The Morgan fingerprint density at radius 3 is 2.59 bits per heavy atom. The molecular formula is C15H21ClF2N2O2. The molecule has 22 heavy (non-hydrogen) atoms. The molecule has 2 N–H and O–H groups in total. The monoisotopic (exact) mass is 334 g/mol. The quantitative estimate of drug-likeness (QED) is 0.920. The molecule has 0 saturated carbocycles. The fraction of sp³-hybridized carbons (Fsp3) is 0.533. The van der Waals surface area contributed by atoms with Crippen molar-refractivity contribution in [1.29, 1.82) is 0 Å². The number of ether oxygens (including phenoxy) is 1. The van der Waals surface area contributed by atoms with E-state index in [2.05, 4.69) is 0 Å². The van der Waals surface area contributed by atoms with Gasteiger partial charge in [0.1, 0.15) is 11.9 Å². The summed E-state index contributed by atoms with van der Waals surface area (Å²) in [6.07, 6.45) is 1.65. The van der Waals surface area contributed by atoms with Crippen LogP contribution in [-0.2, 0) is 4.79 Å². The second-order valence-corrected chi connectivity index (χ2v) is 5.23. The van der Waals surface area contributed by atoms with E-state index >= 15 is 0 Å². The van der Waals surface area contributed by atoms with Crippen molar-refractivity contribution in [2.75, 3.05) is 13.1 Å². The standard InChI is InChI=1S/C15H20F2N2O2.ClH/c1-2-13(18)15(20)19-7-5-11(6-8-19)21-14-4-3-10(16)9-12(14)17;/h3-4,9,11,13H,2,5-8,18H2,1H3;1H. The predicted octanol–water partition coefficient (Wildman–Crippen LogP) is 2.49. The third kappa shape index (κ3) is 4.55. The molecule has 1 amide bonds. The SMILES string of the molecule is CCC(N)C(=O)N1CCC(Oc2ccc(F)cc2F)CC1.Cl. The van der Waals surface area contributed by atoms with Crippen molar-refractivity contribution in [3.63, 3.8) is 0 Å². The predicted molar refractivity (Wildman–Crippen MR) is 82.1 cm³/mol. The van der Waals surface area contributed by atoms with Crippen LogP contribution in [0.5, 0.6) is 5.75 Å². The van der Waals surface area contributed by atoms with E-state index in [0.29, 0.717) is 32.4 Å². The molecule has 0 radical (unpaired) electrons. The Balaban J connectivity index is 0.00000242. The molecule has 1 unspecified atom stereocenters. The van der Waals surface area contributed by atoms with Crippen LogP contribution in [0.15, 0.2) is 18.2 Å². The highest BCUT2D eigenvalue weighted by Crippen LogP contribution is 2.23. The molecule has 1 aliphatic rings. The van der Waals surface area contributed by atoms with E-state index in [-0.39, 0.29) is 30.2 Å². The Bertz CT molecular complexity index is 508. The number of carbonyl (C=O) groups is 1. The summed E-state index contributed by atoms with van der Waals surface area (Å²) >= 11 is 0.